The van der Waals surface area contributed by atoms with Gasteiger partial charge in [0.15, 0.2) is 0 Å². The third kappa shape index (κ3) is 3.84. The Bertz CT molecular complexity index is 289. The van der Waals surface area contributed by atoms with Crippen molar-refractivity contribution in [2.24, 2.45) is 5.73 Å². The smallest absolute Gasteiger partial charge is 0.0961 e. The maximum atomic E-state index is 8.94. The van der Waals surface area contributed by atoms with E-state index in [9.17, 15) is 0 Å². The minimum atomic E-state index is -0.564. The van der Waals surface area contributed by atoms with E-state index in [0.29, 0.717) is 10.8 Å². The van der Waals surface area contributed by atoms with Gasteiger partial charge in [-0.1, -0.05) is 11.6 Å². The molecule has 1 unspecified atom stereocenters. The van der Waals surface area contributed by atoms with Gasteiger partial charge in [0, 0.05) is 17.5 Å². The van der Waals surface area contributed by atoms with Crippen LogP contribution in [0.25, 0.3) is 0 Å². The molecule has 0 aliphatic rings. The fraction of sp³-hybridized carbons (Fsp3) is 0.444. The third-order valence-corrected chi connectivity index (χ3v) is 3.18. The molecule has 3 nitrogen and oxygen atoms in total. The zero-order valence-electron chi connectivity index (χ0n) is 7.90. The molecule has 1 atom stereocenters. The second kappa shape index (κ2) is 4.98. The van der Waals surface area contributed by atoms with Crippen molar-refractivity contribution in [2.75, 3.05) is 12.4 Å². The zero-order valence-corrected chi connectivity index (χ0v) is 9.48. The number of hydrogen-bond acceptors (Lipinski definition) is 4. The molecule has 1 rings (SSSR count). The molecule has 0 aromatic carbocycles. The number of nitrogens with two attached hydrogens (primary N) is 1. The summed E-state index contributed by atoms with van der Waals surface area (Å²) in [5.41, 5.74) is 5.21. The van der Waals surface area contributed by atoms with Crippen LogP contribution in [0, 0.1) is 0 Å². The molecule has 1 aromatic heterocycles. The van der Waals surface area contributed by atoms with Gasteiger partial charge in [0.25, 0.3) is 0 Å². The summed E-state index contributed by atoms with van der Waals surface area (Å²) in [4.78, 5) is 4.11. The molecule has 0 saturated heterocycles. The van der Waals surface area contributed by atoms with Crippen LogP contribution in [0.1, 0.15) is 6.92 Å². The topological polar surface area (TPSA) is 59.1 Å². The van der Waals surface area contributed by atoms with E-state index < -0.39 is 5.54 Å². The number of nitrogens with zero attached hydrogens (tertiary/aromatic N) is 1. The number of thioether (sulfide) groups is 1. The van der Waals surface area contributed by atoms with E-state index >= 15 is 0 Å². The fourth-order valence-corrected chi connectivity index (χ4v) is 1.70. The molecule has 5 heteroatoms. The molecule has 0 aliphatic heterocycles. The number of hydrogen-bond donors (Lipinski definition) is 2. The number of aromatic nitrogens is 1. The zero-order chi connectivity index (χ0) is 10.6. The van der Waals surface area contributed by atoms with Crippen LogP contribution >= 0.6 is 23.4 Å². The molecule has 78 valence electrons. The Morgan fingerprint density at radius 2 is 2.36 bits per heavy atom. The molecule has 1 aromatic rings. The molecule has 1 heterocycles. The molecular weight excluding hydrogens is 220 g/mol. The van der Waals surface area contributed by atoms with Crippen LogP contribution in [-0.4, -0.2) is 28.0 Å². The van der Waals surface area contributed by atoms with Gasteiger partial charge in [-0.25, -0.2) is 4.98 Å². The Balaban J connectivity index is 2.50. The van der Waals surface area contributed by atoms with Crippen LogP contribution in [0.3, 0.4) is 0 Å². The standard InChI is InChI=1S/C9H13ClN2OS/c1-9(11,5-13)6-14-8-3-2-7(10)4-12-8/h2-4,13H,5-6,11H2,1H3. The summed E-state index contributed by atoms with van der Waals surface area (Å²) in [7, 11) is 0. The second-order valence-electron chi connectivity index (χ2n) is 3.42. The largest absolute Gasteiger partial charge is 0.394 e. The highest BCUT2D eigenvalue weighted by molar-refractivity contribution is 7.99. The van der Waals surface area contributed by atoms with Crippen molar-refractivity contribution < 1.29 is 5.11 Å². The average Bonchev–Trinajstić information content (AvgIpc) is 2.17. The summed E-state index contributed by atoms with van der Waals surface area (Å²) in [5.74, 6) is 0.623. The molecule has 0 bridgehead atoms. The van der Waals surface area contributed by atoms with Gasteiger partial charge in [0.05, 0.1) is 16.7 Å². The normalized spacial score (nSPS) is 15.1. The lowest BCUT2D eigenvalue weighted by molar-refractivity contribution is 0.224. The van der Waals surface area contributed by atoms with E-state index in [2.05, 4.69) is 4.98 Å². The van der Waals surface area contributed by atoms with Crippen molar-refractivity contribution >= 4 is 23.4 Å². The molecule has 0 spiro atoms. The van der Waals surface area contributed by atoms with Crippen molar-refractivity contribution in [2.45, 2.75) is 17.5 Å². The highest BCUT2D eigenvalue weighted by atomic mass is 35.5. The number of aliphatic hydroxyl groups is 1. The van der Waals surface area contributed by atoms with Crippen molar-refractivity contribution in [3.8, 4) is 0 Å². The van der Waals surface area contributed by atoms with E-state index in [4.69, 9.17) is 22.4 Å². The van der Waals surface area contributed by atoms with Crippen molar-refractivity contribution in [1.29, 1.82) is 0 Å². The van der Waals surface area contributed by atoms with Crippen LogP contribution < -0.4 is 5.73 Å². The lowest BCUT2D eigenvalue weighted by Crippen LogP contribution is -2.42. The van der Waals surface area contributed by atoms with Crippen molar-refractivity contribution in [3.05, 3.63) is 23.4 Å². The Labute approximate surface area is 92.7 Å². The monoisotopic (exact) mass is 232 g/mol. The Kier molecular flexibility index (Phi) is 4.19. The summed E-state index contributed by atoms with van der Waals surface area (Å²) < 4.78 is 0. The predicted octanol–water partition coefficient (Wildman–Crippen LogP) is 1.54. The third-order valence-electron chi connectivity index (χ3n) is 1.61. The molecule has 0 saturated carbocycles. The Morgan fingerprint density at radius 3 is 2.86 bits per heavy atom. The molecule has 3 N–H and O–H groups in total. The van der Waals surface area contributed by atoms with Crippen LogP contribution in [0.15, 0.2) is 23.4 Å². The maximum Gasteiger partial charge on any atom is 0.0961 e. The molecule has 0 radical (unpaired) electrons. The van der Waals surface area contributed by atoms with Gasteiger partial charge in [0.2, 0.25) is 0 Å². The van der Waals surface area contributed by atoms with E-state index in [-0.39, 0.29) is 6.61 Å². The van der Waals surface area contributed by atoms with Gasteiger partial charge >= 0.3 is 0 Å². The van der Waals surface area contributed by atoms with Crippen LogP contribution in [-0.2, 0) is 0 Å². The van der Waals surface area contributed by atoms with Gasteiger partial charge in [0.1, 0.15) is 0 Å². The number of rotatable bonds is 4. The molecule has 0 aliphatic carbocycles. The number of aliphatic hydroxyl groups excluding tert-OH is 1. The Morgan fingerprint density at radius 1 is 1.64 bits per heavy atom. The van der Waals surface area contributed by atoms with E-state index in [1.807, 2.05) is 6.07 Å². The summed E-state index contributed by atoms with van der Waals surface area (Å²) >= 11 is 7.20. The van der Waals surface area contributed by atoms with Gasteiger partial charge in [-0.05, 0) is 19.1 Å². The lowest BCUT2D eigenvalue weighted by atomic mass is 10.1. The first-order valence-corrected chi connectivity index (χ1v) is 5.54. The summed E-state index contributed by atoms with van der Waals surface area (Å²) in [6, 6.07) is 3.62. The maximum absolute atomic E-state index is 8.94. The summed E-state index contributed by atoms with van der Waals surface area (Å²) in [6.07, 6.45) is 1.59. The van der Waals surface area contributed by atoms with Crippen molar-refractivity contribution in [1.82, 2.24) is 4.98 Å². The lowest BCUT2D eigenvalue weighted by Gasteiger charge is -2.20. The quantitative estimate of drug-likeness (QED) is 0.774. The van der Waals surface area contributed by atoms with Crippen LogP contribution in [0.4, 0.5) is 0 Å². The highest BCUT2D eigenvalue weighted by Crippen LogP contribution is 2.20. The molecule has 0 fully saturated rings. The molecule has 0 amide bonds. The Hall–Kier alpha value is -0.290. The van der Waals surface area contributed by atoms with Gasteiger partial charge in [-0.2, -0.15) is 0 Å². The van der Waals surface area contributed by atoms with Gasteiger partial charge < -0.3 is 10.8 Å². The van der Waals surface area contributed by atoms with Crippen LogP contribution in [0.2, 0.25) is 5.02 Å². The number of pyridine rings is 1. The van der Waals surface area contributed by atoms with Gasteiger partial charge in [-0.15, -0.1) is 11.8 Å². The minimum absolute atomic E-state index is 0.0341. The second-order valence-corrected chi connectivity index (χ2v) is 4.85. The number of halogens is 1. The van der Waals surface area contributed by atoms with Crippen LogP contribution in [0.5, 0.6) is 0 Å². The SMILES string of the molecule is CC(N)(CO)CSc1ccc(Cl)cn1. The fourth-order valence-electron chi connectivity index (χ4n) is 0.732. The van der Waals surface area contributed by atoms with E-state index in [0.717, 1.165) is 5.03 Å². The molecule has 14 heavy (non-hydrogen) atoms. The predicted molar refractivity (Wildman–Crippen MR) is 59.6 cm³/mol. The summed E-state index contributed by atoms with van der Waals surface area (Å²) in [5, 5.41) is 10.4. The highest BCUT2D eigenvalue weighted by Gasteiger charge is 2.17. The first-order chi connectivity index (χ1) is 6.53. The first kappa shape index (κ1) is 11.8. The van der Waals surface area contributed by atoms with Gasteiger partial charge in [-0.3, -0.25) is 0 Å². The molecular formula is C9H13ClN2OS. The average molecular weight is 233 g/mol. The first-order valence-electron chi connectivity index (χ1n) is 4.17. The minimum Gasteiger partial charge on any atom is -0.394 e. The van der Waals surface area contributed by atoms with Crippen molar-refractivity contribution in [3.63, 3.8) is 0 Å². The van der Waals surface area contributed by atoms with E-state index in [1.54, 1.807) is 19.2 Å². The summed E-state index contributed by atoms with van der Waals surface area (Å²) in [6.45, 7) is 1.77. The van der Waals surface area contributed by atoms with E-state index in [1.165, 1.54) is 11.8 Å².